The number of aryl methyl sites for hydroxylation is 1. The first-order valence-electron chi connectivity index (χ1n) is 6.68. The summed E-state index contributed by atoms with van der Waals surface area (Å²) in [5.41, 5.74) is 7.88. The molecule has 0 bridgehead atoms. The standard InChI is InChI=1S/C15H20N2O2/c1-2-19-15(18)11-17-10-12(6-5-9-16)13-7-3-4-8-14(13)17/h3-4,7-8,10H,2,5-6,9,11,16H2,1H3. The Kier molecular flexibility index (Phi) is 4.58. The number of rotatable bonds is 6. The predicted molar refractivity (Wildman–Crippen MR) is 75.9 cm³/mol. The van der Waals surface area contributed by atoms with Gasteiger partial charge in [0.2, 0.25) is 0 Å². The van der Waals surface area contributed by atoms with Crippen LogP contribution in [0.3, 0.4) is 0 Å². The van der Waals surface area contributed by atoms with E-state index in [0.717, 1.165) is 18.4 Å². The van der Waals surface area contributed by atoms with Crippen LogP contribution in [-0.2, 0) is 22.5 Å². The molecule has 1 heterocycles. The molecule has 4 heteroatoms. The molecule has 2 rings (SSSR count). The van der Waals surface area contributed by atoms with Gasteiger partial charge in [-0.2, -0.15) is 0 Å². The molecule has 0 saturated heterocycles. The van der Waals surface area contributed by atoms with Crippen molar-refractivity contribution in [3.8, 4) is 0 Å². The normalized spacial score (nSPS) is 10.8. The Morgan fingerprint density at radius 3 is 2.89 bits per heavy atom. The molecule has 0 aliphatic heterocycles. The highest BCUT2D eigenvalue weighted by molar-refractivity contribution is 5.85. The van der Waals surface area contributed by atoms with Crippen molar-refractivity contribution in [1.29, 1.82) is 0 Å². The zero-order valence-electron chi connectivity index (χ0n) is 11.3. The van der Waals surface area contributed by atoms with Crippen LogP contribution in [0, 0.1) is 0 Å². The predicted octanol–water partition coefficient (Wildman–Crippen LogP) is 2.10. The van der Waals surface area contributed by atoms with Crippen molar-refractivity contribution in [2.24, 2.45) is 5.73 Å². The van der Waals surface area contributed by atoms with Crippen LogP contribution in [0.5, 0.6) is 0 Å². The van der Waals surface area contributed by atoms with E-state index >= 15 is 0 Å². The minimum atomic E-state index is -0.200. The van der Waals surface area contributed by atoms with Gasteiger partial charge in [-0.1, -0.05) is 18.2 Å². The van der Waals surface area contributed by atoms with E-state index in [-0.39, 0.29) is 12.5 Å². The van der Waals surface area contributed by atoms with Gasteiger partial charge in [0.25, 0.3) is 0 Å². The third-order valence-electron chi connectivity index (χ3n) is 3.13. The number of nitrogens with two attached hydrogens (primary N) is 1. The summed E-state index contributed by atoms with van der Waals surface area (Å²) < 4.78 is 6.96. The molecule has 0 unspecified atom stereocenters. The summed E-state index contributed by atoms with van der Waals surface area (Å²) in [6, 6.07) is 8.11. The zero-order valence-corrected chi connectivity index (χ0v) is 11.3. The monoisotopic (exact) mass is 260 g/mol. The molecule has 0 atom stereocenters. The Hall–Kier alpha value is -1.81. The summed E-state index contributed by atoms with van der Waals surface area (Å²) in [5.74, 6) is -0.200. The Balaban J connectivity index is 2.30. The smallest absolute Gasteiger partial charge is 0.325 e. The number of ether oxygens (including phenoxy) is 1. The molecule has 0 fully saturated rings. The van der Waals surface area contributed by atoms with E-state index in [4.69, 9.17) is 10.5 Å². The largest absolute Gasteiger partial charge is 0.465 e. The molecular formula is C15H20N2O2. The van der Waals surface area contributed by atoms with Crippen molar-refractivity contribution in [3.63, 3.8) is 0 Å². The second-order valence-electron chi connectivity index (χ2n) is 4.50. The van der Waals surface area contributed by atoms with Gasteiger partial charge in [0.15, 0.2) is 0 Å². The zero-order chi connectivity index (χ0) is 13.7. The number of carbonyl (C=O) groups excluding carboxylic acids is 1. The third kappa shape index (κ3) is 3.15. The topological polar surface area (TPSA) is 57.2 Å². The summed E-state index contributed by atoms with van der Waals surface area (Å²) in [7, 11) is 0. The van der Waals surface area contributed by atoms with Crippen molar-refractivity contribution < 1.29 is 9.53 Å². The molecule has 0 aliphatic rings. The van der Waals surface area contributed by atoms with Crippen LogP contribution >= 0.6 is 0 Å². The highest BCUT2D eigenvalue weighted by Gasteiger charge is 2.10. The van der Waals surface area contributed by atoms with Crippen molar-refractivity contribution >= 4 is 16.9 Å². The molecule has 0 spiro atoms. The van der Waals surface area contributed by atoms with Gasteiger partial charge in [-0.3, -0.25) is 4.79 Å². The first-order valence-corrected chi connectivity index (χ1v) is 6.68. The lowest BCUT2D eigenvalue weighted by Crippen LogP contribution is -2.12. The molecule has 2 aromatic rings. The summed E-state index contributed by atoms with van der Waals surface area (Å²) in [4.78, 5) is 11.6. The second kappa shape index (κ2) is 6.38. The fourth-order valence-electron chi connectivity index (χ4n) is 2.29. The summed E-state index contributed by atoms with van der Waals surface area (Å²) in [5, 5.41) is 1.19. The number of fused-ring (bicyclic) bond motifs is 1. The van der Waals surface area contributed by atoms with Gasteiger partial charge in [-0.15, -0.1) is 0 Å². The molecule has 0 saturated carbocycles. The molecule has 4 nitrogen and oxygen atoms in total. The average Bonchev–Trinajstić information content (AvgIpc) is 2.75. The fourth-order valence-corrected chi connectivity index (χ4v) is 2.29. The lowest BCUT2D eigenvalue weighted by molar-refractivity contribution is -0.143. The lowest BCUT2D eigenvalue weighted by Gasteiger charge is -2.04. The van der Waals surface area contributed by atoms with Crippen molar-refractivity contribution in [3.05, 3.63) is 36.0 Å². The third-order valence-corrected chi connectivity index (χ3v) is 3.13. The number of para-hydroxylation sites is 1. The number of nitrogens with zero attached hydrogens (tertiary/aromatic N) is 1. The Bertz CT molecular complexity index is 560. The molecule has 1 aromatic carbocycles. The molecule has 2 N–H and O–H groups in total. The van der Waals surface area contributed by atoms with E-state index in [9.17, 15) is 4.79 Å². The number of esters is 1. The maximum absolute atomic E-state index is 11.6. The first-order chi connectivity index (χ1) is 9.26. The van der Waals surface area contributed by atoms with Crippen LogP contribution in [0.1, 0.15) is 18.9 Å². The van der Waals surface area contributed by atoms with E-state index in [1.165, 1.54) is 10.9 Å². The Morgan fingerprint density at radius 2 is 2.16 bits per heavy atom. The van der Waals surface area contributed by atoms with Gasteiger partial charge in [-0.05, 0) is 37.9 Å². The van der Waals surface area contributed by atoms with Gasteiger partial charge < -0.3 is 15.0 Å². The number of hydrogen-bond donors (Lipinski definition) is 1. The van der Waals surface area contributed by atoms with Crippen molar-refractivity contribution in [2.45, 2.75) is 26.3 Å². The molecular weight excluding hydrogens is 240 g/mol. The van der Waals surface area contributed by atoms with Crippen LogP contribution in [0.4, 0.5) is 0 Å². The highest BCUT2D eigenvalue weighted by atomic mass is 16.5. The van der Waals surface area contributed by atoms with E-state index in [0.29, 0.717) is 13.2 Å². The van der Waals surface area contributed by atoms with Crippen LogP contribution in [0.25, 0.3) is 10.9 Å². The molecule has 0 radical (unpaired) electrons. The minimum absolute atomic E-state index is 0.200. The molecule has 19 heavy (non-hydrogen) atoms. The lowest BCUT2D eigenvalue weighted by atomic mass is 10.1. The second-order valence-corrected chi connectivity index (χ2v) is 4.50. The van der Waals surface area contributed by atoms with Crippen LogP contribution in [0.15, 0.2) is 30.5 Å². The molecule has 102 valence electrons. The van der Waals surface area contributed by atoms with Gasteiger partial charge >= 0.3 is 5.97 Å². The fraction of sp³-hybridized carbons (Fsp3) is 0.400. The Labute approximate surface area is 113 Å². The van der Waals surface area contributed by atoms with E-state index < -0.39 is 0 Å². The Morgan fingerprint density at radius 1 is 1.37 bits per heavy atom. The SMILES string of the molecule is CCOC(=O)Cn1cc(CCCN)c2ccccc21. The van der Waals surface area contributed by atoms with Crippen molar-refractivity contribution in [1.82, 2.24) is 4.57 Å². The molecule has 1 aromatic heterocycles. The maximum Gasteiger partial charge on any atom is 0.325 e. The van der Waals surface area contributed by atoms with Crippen molar-refractivity contribution in [2.75, 3.05) is 13.2 Å². The number of aromatic nitrogens is 1. The number of hydrogen-bond acceptors (Lipinski definition) is 3. The van der Waals surface area contributed by atoms with Gasteiger partial charge in [0.1, 0.15) is 6.54 Å². The molecule has 0 aliphatic carbocycles. The van der Waals surface area contributed by atoms with Crippen LogP contribution in [-0.4, -0.2) is 23.7 Å². The number of carbonyl (C=O) groups is 1. The van der Waals surface area contributed by atoms with E-state index in [2.05, 4.69) is 6.07 Å². The van der Waals surface area contributed by atoms with Crippen LogP contribution in [0.2, 0.25) is 0 Å². The summed E-state index contributed by atoms with van der Waals surface area (Å²) in [6.07, 6.45) is 3.93. The quantitative estimate of drug-likeness (QED) is 0.809. The maximum atomic E-state index is 11.6. The van der Waals surface area contributed by atoms with E-state index in [1.807, 2.05) is 35.9 Å². The summed E-state index contributed by atoms with van der Waals surface area (Å²) >= 11 is 0. The highest BCUT2D eigenvalue weighted by Crippen LogP contribution is 2.22. The van der Waals surface area contributed by atoms with Gasteiger partial charge in [-0.25, -0.2) is 0 Å². The first kappa shape index (κ1) is 13.6. The van der Waals surface area contributed by atoms with Gasteiger partial charge in [0, 0.05) is 17.1 Å². The van der Waals surface area contributed by atoms with Gasteiger partial charge in [0.05, 0.1) is 6.61 Å². The number of benzene rings is 1. The average molecular weight is 260 g/mol. The van der Waals surface area contributed by atoms with Crippen LogP contribution < -0.4 is 5.73 Å². The molecule has 0 amide bonds. The summed E-state index contributed by atoms with van der Waals surface area (Å²) in [6.45, 7) is 3.17. The minimum Gasteiger partial charge on any atom is -0.465 e. The van der Waals surface area contributed by atoms with E-state index in [1.54, 1.807) is 0 Å².